The topological polar surface area (TPSA) is 87.0 Å². The third-order valence-electron chi connectivity index (χ3n) is 6.69. The molecule has 1 aromatic heterocycles. The van der Waals surface area contributed by atoms with Crippen LogP contribution >= 0.6 is 0 Å². The summed E-state index contributed by atoms with van der Waals surface area (Å²) >= 11 is 0. The van der Waals surface area contributed by atoms with Gasteiger partial charge in [0.2, 0.25) is 0 Å². The maximum absolute atomic E-state index is 12.2. The minimum absolute atomic E-state index is 0.119. The third kappa shape index (κ3) is 22.2. The number of methoxy groups -OCH3 is 1. The van der Waals surface area contributed by atoms with Crippen molar-refractivity contribution >= 4 is 12.2 Å². The van der Waals surface area contributed by atoms with E-state index in [1.165, 1.54) is 97.0 Å². The van der Waals surface area contributed by atoms with E-state index in [2.05, 4.69) is 17.0 Å². The highest BCUT2D eigenvalue weighted by atomic mass is 16.7. The molecule has 0 saturated heterocycles. The number of carbonyl (C=O) groups excluding carboxylic acids is 2. The first-order valence-electron chi connectivity index (χ1n) is 15.3. The Labute approximate surface area is 237 Å². The molecule has 8 heteroatoms. The molecule has 0 radical (unpaired) electrons. The van der Waals surface area contributed by atoms with E-state index >= 15 is 0 Å². The number of hydrogen-bond donors (Lipinski definition) is 1. The Hall–Kier alpha value is -2.35. The van der Waals surface area contributed by atoms with Gasteiger partial charge in [-0.05, 0) is 6.42 Å². The Bertz CT molecular complexity index is 704. The molecule has 1 heterocycles. The average molecular weight is 552 g/mol. The molecule has 0 aliphatic rings. The van der Waals surface area contributed by atoms with Crippen molar-refractivity contribution in [1.29, 1.82) is 0 Å². The van der Waals surface area contributed by atoms with Crippen molar-refractivity contribution in [1.82, 2.24) is 5.32 Å². The largest absolute Gasteiger partial charge is 0.508 e. The number of unbranched alkanes of at least 4 members (excludes halogenated alkanes) is 15. The number of pyridine rings is 1. The van der Waals surface area contributed by atoms with Crippen molar-refractivity contribution in [2.45, 2.75) is 122 Å². The lowest BCUT2D eigenvalue weighted by atomic mass is 10.0. The summed E-state index contributed by atoms with van der Waals surface area (Å²) in [5.41, 5.74) is 0. The van der Waals surface area contributed by atoms with Gasteiger partial charge >= 0.3 is 12.2 Å². The zero-order valence-corrected chi connectivity index (χ0v) is 24.7. The predicted octanol–water partition coefficient (Wildman–Crippen LogP) is 7.13. The van der Waals surface area contributed by atoms with Gasteiger partial charge in [-0.3, -0.25) is 0 Å². The van der Waals surface area contributed by atoms with Crippen LogP contribution in [-0.4, -0.2) is 51.8 Å². The molecular formula is C31H55N2O6+. The lowest BCUT2D eigenvalue weighted by Crippen LogP contribution is -2.41. The first-order chi connectivity index (χ1) is 19.2. The summed E-state index contributed by atoms with van der Waals surface area (Å²) < 4.78 is 22.5. The Morgan fingerprint density at radius 3 is 1.82 bits per heavy atom. The van der Waals surface area contributed by atoms with Crippen LogP contribution in [0.15, 0.2) is 30.6 Å². The van der Waals surface area contributed by atoms with E-state index in [-0.39, 0.29) is 13.2 Å². The van der Waals surface area contributed by atoms with Crippen molar-refractivity contribution in [3.8, 4) is 0 Å². The monoisotopic (exact) mass is 551 g/mol. The molecule has 8 nitrogen and oxygen atoms in total. The molecule has 0 aliphatic heterocycles. The molecule has 1 amide bonds. The van der Waals surface area contributed by atoms with Gasteiger partial charge in [0.1, 0.15) is 6.61 Å². The molecule has 224 valence electrons. The second-order valence-electron chi connectivity index (χ2n) is 10.2. The molecule has 0 aliphatic carbocycles. The van der Waals surface area contributed by atoms with Gasteiger partial charge < -0.3 is 24.3 Å². The normalized spacial score (nSPS) is 11.6. The molecule has 0 fully saturated rings. The zero-order chi connectivity index (χ0) is 28.2. The van der Waals surface area contributed by atoms with Crippen LogP contribution in [0.4, 0.5) is 9.59 Å². The maximum atomic E-state index is 12.2. The highest BCUT2D eigenvalue weighted by Gasteiger charge is 2.18. The van der Waals surface area contributed by atoms with Crippen LogP contribution in [0.2, 0.25) is 0 Å². The summed E-state index contributed by atoms with van der Waals surface area (Å²) in [4.78, 5) is 23.5. The highest BCUT2D eigenvalue weighted by molar-refractivity contribution is 5.67. The summed E-state index contributed by atoms with van der Waals surface area (Å²) in [6.07, 6.45) is 22.9. The fourth-order valence-corrected chi connectivity index (χ4v) is 4.37. The second kappa shape index (κ2) is 25.9. The first kappa shape index (κ1) is 34.7. The SMILES string of the molecule is CCCCCCCCCCCCCCCCCCOCC(COC(=O)OC)OC(=O)NCC[n+]1ccccc1. The zero-order valence-electron chi connectivity index (χ0n) is 24.7. The second-order valence-corrected chi connectivity index (χ2v) is 10.2. The van der Waals surface area contributed by atoms with Crippen LogP contribution in [0.3, 0.4) is 0 Å². The third-order valence-corrected chi connectivity index (χ3v) is 6.69. The number of nitrogens with zero attached hydrogens (tertiary/aromatic N) is 1. The number of aromatic nitrogens is 1. The van der Waals surface area contributed by atoms with Crippen molar-refractivity contribution in [2.24, 2.45) is 0 Å². The van der Waals surface area contributed by atoms with E-state index in [0.717, 1.165) is 12.8 Å². The van der Waals surface area contributed by atoms with Gasteiger partial charge in [0, 0.05) is 18.7 Å². The molecule has 0 aromatic carbocycles. The minimum atomic E-state index is -0.817. The number of alkyl carbamates (subject to hydrolysis) is 1. The molecule has 0 spiro atoms. The van der Waals surface area contributed by atoms with E-state index in [4.69, 9.17) is 14.2 Å². The molecule has 39 heavy (non-hydrogen) atoms. The van der Waals surface area contributed by atoms with Gasteiger partial charge in [-0.1, -0.05) is 109 Å². The molecule has 1 N–H and O–H groups in total. The van der Waals surface area contributed by atoms with Crippen molar-refractivity contribution < 1.29 is 33.1 Å². The van der Waals surface area contributed by atoms with Crippen LogP contribution in [0, 0.1) is 0 Å². The molecular weight excluding hydrogens is 496 g/mol. The van der Waals surface area contributed by atoms with E-state index in [1.54, 1.807) is 0 Å². The van der Waals surface area contributed by atoms with E-state index in [9.17, 15) is 9.59 Å². The predicted molar refractivity (Wildman–Crippen MR) is 154 cm³/mol. The van der Waals surface area contributed by atoms with Gasteiger partial charge in [0.15, 0.2) is 25.0 Å². The number of amides is 1. The van der Waals surface area contributed by atoms with Gasteiger partial charge in [0.25, 0.3) is 0 Å². The van der Waals surface area contributed by atoms with E-state index in [1.807, 2.05) is 35.2 Å². The maximum Gasteiger partial charge on any atom is 0.508 e. The Morgan fingerprint density at radius 1 is 0.744 bits per heavy atom. The minimum Gasteiger partial charge on any atom is -0.440 e. The number of ether oxygens (including phenoxy) is 4. The summed E-state index contributed by atoms with van der Waals surface area (Å²) in [5.74, 6) is 0. The first-order valence-corrected chi connectivity index (χ1v) is 15.3. The fraction of sp³-hybridized carbons (Fsp3) is 0.774. The Morgan fingerprint density at radius 2 is 1.28 bits per heavy atom. The van der Waals surface area contributed by atoms with Crippen molar-refractivity contribution in [3.05, 3.63) is 30.6 Å². The molecule has 1 atom stereocenters. The lowest BCUT2D eigenvalue weighted by Gasteiger charge is -2.18. The van der Waals surface area contributed by atoms with Gasteiger partial charge in [-0.25, -0.2) is 14.2 Å². The number of carbonyl (C=O) groups is 2. The summed E-state index contributed by atoms with van der Waals surface area (Å²) in [6.45, 7) is 3.94. The summed E-state index contributed by atoms with van der Waals surface area (Å²) in [5, 5.41) is 2.71. The molecule has 1 aromatic rings. The quantitative estimate of drug-likeness (QED) is 0.0790. The molecule has 1 rings (SSSR count). The van der Waals surface area contributed by atoms with Crippen molar-refractivity contribution in [3.63, 3.8) is 0 Å². The number of nitrogens with one attached hydrogen (secondary N) is 1. The van der Waals surface area contributed by atoms with Crippen LogP contribution < -0.4 is 9.88 Å². The number of hydrogen-bond acceptors (Lipinski definition) is 6. The van der Waals surface area contributed by atoms with Gasteiger partial charge in [0.05, 0.1) is 20.3 Å². The van der Waals surface area contributed by atoms with Crippen LogP contribution in [0.25, 0.3) is 0 Å². The van der Waals surface area contributed by atoms with E-state index in [0.29, 0.717) is 19.7 Å². The highest BCUT2D eigenvalue weighted by Crippen LogP contribution is 2.13. The fourth-order valence-electron chi connectivity index (χ4n) is 4.37. The van der Waals surface area contributed by atoms with Crippen molar-refractivity contribution in [2.75, 3.05) is 33.5 Å². The van der Waals surface area contributed by atoms with E-state index < -0.39 is 18.4 Å². The summed E-state index contributed by atoms with van der Waals surface area (Å²) in [7, 11) is 1.24. The molecule has 1 unspecified atom stereocenters. The van der Waals surface area contributed by atoms with Crippen LogP contribution in [0.1, 0.15) is 110 Å². The molecule has 0 saturated carbocycles. The lowest BCUT2D eigenvalue weighted by molar-refractivity contribution is -0.694. The standard InChI is InChI=1S/C31H54N2O6/c1-3-4-5-6-7-8-9-10-11-12-13-14-15-16-17-21-26-37-27-29(28-38-31(35)36-2)39-30(34)32-22-25-33-23-19-18-20-24-33/h18-20,23-24,29H,3-17,21-22,25-28H2,1-2H3/p+1. The van der Waals surface area contributed by atoms with Gasteiger partial charge in [-0.2, -0.15) is 0 Å². The summed E-state index contributed by atoms with van der Waals surface area (Å²) in [6, 6.07) is 5.79. The molecule has 0 bridgehead atoms. The smallest absolute Gasteiger partial charge is 0.440 e. The number of rotatable bonds is 25. The van der Waals surface area contributed by atoms with Crippen LogP contribution in [-0.2, 0) is 25.5 Å². The average Bonchev–Trinajstić information content (AvgIpc) is 2.95. The van der Waals surface area contributed by atoms with Crippen LogP contribution in [0.5, 0.6) is 0 Å². The van der Waals surface area contributed by atoms with Gasteiger partial charge in [-0.15, -0.1) is 0 Å². The Kier molecular flexibility index (Phi) is 23.0. The Balaban J connectivity index is 2.03.